The molecule has 0 saturated carbocycles. The van der Waals surface area contributed by atoms with Crippen molar-refractivity contribution in [2.45, 2.75) is 6.04 Å². The number of nitrogens with two attached hydrogens (primary N) is 1. The minimum atomic E-state index is -0.766. The van der Waals surface area contributed by atoms with Crippen LogP contribution in [0.3, 0.4) is 0 Å². The molecule has 16 heavy (non-hydrogen) atoms. The Morgan fingerprint density at radius 2 is 2.19 bits per heavy atom. The topological polar surface area (TPSA) is 79.6 Å². The summed E-state index contributed by atoms with van der Waals surface area (Å²) in [6.45, 7) is 0. The summed E-state index contributed by atoms with van der Waals surface area (Å²) in [7, 11) is 0. The molecule has 7 heteroatoms. The number of halogens is 2. The first kappa shape index (κ1) is 10.7. The molecule has 0 amide bonds. The van der Waals surface area contributed by atoms with Crippen molar-refractivity contribution in [2.24, 2.45) is 5.84 Å². The molecule has 0 aliphatic carbocycles. The van der Waals surface area contributed by atoms with Crippen molar-refractivity contribution in [2.75, 3.05) is 0 Å². The Hall–Kier alpha value is -1.86. The van der Waals surface area contributed by atoms with E-state index in [-0.39, 0.29) is 5.56 Å². The van der Waals surface area contributed by atoms with Crippen LogP contribution < -0.4 is 11.3 Å². The van der Waals surface area contributed by atoms with Gasteiger partial charge in [0.1, 0.15) is 29.8 Å². The van der Waals surface area contributed by atoms with Gasteiger partial charge in [-0.05, 0) is 18.2 Å². The quantitative estimate of drug-likeness (QED) is 0.529. The first-order valence-electron chi connectivity index (χ1n) is 4.48. The van der Waals surface area contributed by atoms with Gasteiger partial charge >= 0.3 is 0 Å². The van der Waals surface area contributed by atoms with Crippen molar-refractivity contribution >= 4 is 0 Å². The van der Waals surface area contributed by atoms with Crippen molar-refractivity contribution in [3.05, 3.63) is 47.5 Å². The second kappa shape index (κ2) is 4.33. The Labute approximate surface area is 89.7 Å². The Morgan fingerprint density at radius 3 is 2.81 bits per heavy atom. The summed E-state index contributed by atoms with van der Waals surface area (Å²) in [4.78, 5) is 3.84. The zero-order valence-corrected chi connectivity index (χ0v) is 8.11. The Morgan fingerprint density at radius 1 is 1.38 bits per heavy atom. The number of hydrogen-bond acceptors (Lipinski definition) is 4. The maximum atomic E-state index is 13.5. The maximum Gasteiger partial charge on any atom is 0.147 e. The van der Waals surface area contributed by atoms with Gasteiger partial charge in [-0.1, -0.05) is 0 Å². The molecule has 2 aromatic rings. The Balaban J connectivity index is 2.44. The fourth-order valence-electron chi connectivity index (χ4n) is 1.41. The molecule has 1 aromatic carbocycles. The van der Waals surface area contributed by atoms with Gasteiger partial charge in [0.2, 0.25) is 0 Å². The molecule has 1 aromatic heterocycles. The summed E-state index contributed by atoms with van der Waals surface area (Å²) < 4.78 is 26.5. The summed E-state index contributed by atoms with van der Waals surface area (Å²) in [5, 5.41) is 6.16. The third kappa shape index (κ3) is 1.90. The highest BCUT2D eigenvalue weighted by Crippen LogP contribution is 2.21. The molecule has 84 valence electrons. The lowest BCUT2D eigenvalue weighted by Crippen LogP contribution is -2.30. The van der Waals surface area contributed by atoms with Crippen molar-refractivity contribution in [1.29, 1.82) is 0 Å². The largest absolute Gasteiger partial charge is 0.270 e. The minimum absolute atomic E-state index is 0.0688. The average Bonchev–Trinajstić information content (AvgIpc) is 2.78. The molecule has 0 radical (unpaired) electrons. The summed E-state index contributed by atoms with van der Waals surface area (Å²) >= 11 is 0. The van der Waals surface area contributed by atoms with E-state index in [0.29, 0.717) is 5.82 Å². The van der Waals surface area contributed by atoms with Crippen LogP contribution in [-0.4, -0.2) is 15.2 Å². The smallest absolute Gasteiger partial charge is 0.147 e. The van der Waals surface area contributed by atoms with Gasteiger partial charge < -0.3 is 0 Å². The van der Waals surface area contributed by atoms with Gasteiger partial charge in [-0.2, -0.15) is 5.10 Å². The lowest BCUT2D eigenvalue weighted by Gasteiger charge is -2.14. The highest BCUT2D eigenvalue weighted by molar-refractivity contribution is 5.26. The Bertz CT molecular complexity index is 471. The van der Waals surface area contributed by atoms with Crippen molar-refractivity contribution < 1.29 is 8.78 Å². The molecule has 5 nitrogen and oxygen atoms in total. The average molecular weight is 225 g/mol. The molecule has 0 spiro atoms. The molecule has 0 aliphatic heterocycles. The van der Waals surface area contributed by atoms with Gasteiger partial charge in [0, 0.05) is 5.56 Å². The van der Waals surface area contributed by atoms with Crippen molar-refractivity contribution in [3.8, 4) is 0 Å². The molecule has 4 N–H and O–H groups in total. The number of H-pyrrole nitrogens is 1. The first-order valence-corrected chi connectivity index (χ1v) is 4.48. The standard InChI is InChI=1S/C9H9F2N5/c10-5-1-2-7(11)6(3-5)8(15-12)9-13-4-14-16-9/h1-4,8,15H,12H2,(H,13,14,16). The number of nitrogens with one attached hydrogen (secondary N) is 2. The SMILES string of the molecule is NNC(c1ncn[nH]1)c1cc(F)ccc1F. The van der Waals surface area contributed by atoms with Crippen LogP contribution in [0.1, 0.15) is 17.4 Å². The zero-order valence-electron chi connectivity index (χ0n) is 8.11. The molecule has 1 atom stereocenters. The summed E-state index contributed by atoms with van der Waals surface area (Å²) in [6, 6.07) is 2.36. The van der Waals surface area contributed by atoms with Crippen LogP contribution in [0.15, 0.2) is 24.5 Å². The number of hydrogen-bond donors (Lipinski definition) is 3. The van der Waals surface area contributed by atoms with Crippen LogP contribution in [0.4, 0.5) is 8.78 Å². The highest BCUT2D eigenvalue weighted by Gasteiger charge is 2.19. The highest BCUT2D eigenvalue weighted by atomic mass is 19.1. The van der Waals surface area contributed by atoms with Gasteiger partial charge in [0.15, 0.2) is 0 Å². The van der Waals surface area contributed by atoms with E-state index in [0.717, 1.165) is 18.2 Å². The van der Waals surface area contributed by atoms with Crippen LogP contribution in [-0.2, 0) is 0 Å². The predicted molar refractivity (Wildman–Crippen MR) is 51.9 cm³/mol. The molecular formula is C9H9F2N5. The van der Waals surface area contributed by atoms with Crippen LogP contribution in [0.25, 0.3) is 0 Å². The van der Waals surface area contributed by atoms with Crippen molar-refractivity contribution in [3.63, 3.8) is 0 Å². The number of rotatable bonds is 3. The van der Waals surface area contributed by atoms with Gasteiger partial charge in [-0.15, -0.1) is 0 Å². The van der Waals surface area contributed by atoms with E-state index in [4.69, 9.17) is 5.84 Å². The minimum Gasteiger partial charge on any atom is -0.270 e. The van der Waals surface area contributed by atoms with Gasteiger partial charge in [0.25, 0.3) is 0 Å². The molecule has 1 unspecified atom stereocenters. The molecule has 2 rings (SSSR count). The van der Waals surface area contributed by atoms with E-state index in [9.17, 15) is 8.78 Å². The summed E-state index contributed by atoms with van der Waals surface area (Å²) in [6.07, 6.45) is 1.26. The number of aromatic amines is 1. The predicted octanol–water partition coefficient (Wildman–Crippen LogP) is 0.636. The van der Waals surface area contributed by atoms with Gasteiger partial charge in [0.05, 0.1) is 0 Å². The summed E-state index contributed by atoms with van der Waals surface area (Å²) in [5.41, 5.74) is 2.42. The second-order valence-corrected chi connectivity index (χ2v) is 3.14. The van der Waals surface area contributed by atoms with Crippen LogP contribution in [0.2, 0.25) is 0 Å². The van der Waals surface area contributed by atoms with E-state index >= 15 is 0 Å². The van der Waals surface area contributed by atoms with E-state index < -0.39 is 17.7 Å². The molecule has 0 fully saturated rings. The molecule has 0 aliphatic rings. The lowest BCUT2D eigenvalue weighted by atomic mass is 10.1. The van der Waals surface area contributed by atoms with E-state index in [1.807, 2.05) is 0 Å². The van der Waals surface area contributed by atoms with E-state index in [1.165, 1.54) is 6.33 Å². The van der Waals surface area contributed by atoms with Gasteiger partial charge in [-0.25, -0.2) is 19.2 Å². The fraction of sp³-hybridized carbons (Fsp3) is 0.111. The molecule has 0 saturated heterocycles. The van der Waals surface area contributed by atoms with Crippen molar-refractivity contribution in [1.82, 2.24) is 20.6 Å². The first-order chi connectivity index (χ1) is 7.72. The number of hydrazine groups is 1. The lowest BCUT2D eigenvalue weighted by molar-refractivity contribution is 0.533. The Kier molecular flexibility index (Phi) is 2.88. The maximum absolute atomic E-state index is 13.5. The number of benzene rings is 1. The third-order valence-electron chi connectivity index (χ3n) is 2.14. The van der Waals surface area contributed by atoms with Crippen LogP contribution >= 0.6 is 0 Å². The molecule has 0 bridgehead atoms. The van der Waals surface area contributed by atoms with Gasteiger partial charge in [-0.3, -0.25) is 10.9 Å². The van der Waals surface area contributed by atoms with Crippen LogP contribution in [0.5, 0.6) is 0 Å². The van der Waals surface area contributed by atoms with Crippen LogP contribution in [0, 0.1) is 11.6 Å². The zero-order chi connectivity index (χ0) is 11.5. The monoisotopic (exact) mass is 225 g/mol. The van der Waals surface area contributed by atoms with E-state index in [1.54, 1.807) is 0 Å². The number of aromatic nitrogens is 3. The molecular weight excluding hydrogens is 216 g/mol. The second-order valence-electron chi connectivity index (χ2n) is 3.14. The third-order valence-corrected chi connectivity index (χ3v) is 2.14. The normalized spacial score (nSPS) is 12.7. The molecule has 1 heterocycles. The number of nitrogens with zero attached hydrogens (tertiary/aromatic N) is 2. The summed E-state index contributed by atoms with van der Waals surface area (Å²) in [5.74, 6) is 4.49. The van der Waals surface area contributed by atoms with E-state index in [2.05, 4.69) is 20.6 Å². The fourth-order valence-corrected chi connectivity index (χ4v) is 1.41.